The van der Waals surface area contributed by atoms with Crippen molar-refractivity contribution in [2.24, 2.45) is 5.92 Å². The van der Waals surface area contributed by atoms with Crippen LogP contribution in [-0.4, -0.2) is 60.5 Å². The molecule has 0 saturated carbocycles. The molecule has 1 aliphatic heterocycles. The van der Waals surface area contributed by atoms with Crippen molar-refractivity contribution in [2.75, 3.05) is 33.9 Å². The zero-order valence-electron chi connectivity index (χ0n) is 19.6. The maximum atomic E-state index is 13.1. The van der Waals surface area contributed by atoms with Gasteiger partial charge in [-0.3, -0.25) is 9.59 Å². The van der Waals surface area contributed by atoms with Gasteiger partial charge in [0.05, 0.1) is 20.1 Å². The molecule has 1 fully saturated rings. The molecule has 0 atom stereocenters. The number of piperidine rings is 1. The van der Waals surface area contributed by atoms with Gasteiger partial charge in [-0.2, -0.15) is 0 Å². The maximum Gasteiger partial charge on any atom is 0.167 e. The molecular weight excluding hydrogens is 434 g/mol. The Morgan fingerprint density at radius 2 is 1.32 bits per heavy atom. The summed E-state index contributed by atoms with van der Waals surface area (Å²) in [6.07, 6.45) is 9.34. The molecule has 34 heavy (non-hydrogen) atoms. The van der Waals surface area contributed by atoms with E-state index in [0.717, 1.165) is 32.4 Å². The van der Waals surface area contributed by atoms with E-state index in [0.29, 0.717) is 29.2 Å². The zero-order chi connectivity index (χ0) is 24.5. The summed E-state index contributed by atoms with van der Waals surface area (Å²) in [5.41, 5.74) is 1.36. The van der Waals surface area contributed by atoms with Crippen molar-refractivity contribution in [3.05, 3.63) is 59.7 Å². The number of carbonyl (C=O) groups is 2. The van der Waals surface area contributed by atoms with Crippen molar-refractivity contribution in [1.29, 1.82) is 0 Å². The molecule has 2 aromatic carbocycles. The summed E-state index contributed by atoms with van der Waals surface area (Å²) in [4.78, 5) is 28.4. The second-order valence-corrected chi connectivity index (χ2v) is 8.25. The number of hydrogen-bond acceptors (Lipinski definition) is 7. The molecule has 180 valence electrons. The molecular formula is C27H31NO6. The minimum atomic E-state index is -0.830. The average molecular weight is 466 g/mol. The van der Waals surface area contributed by atoms with Crippen LogP contribution in [0.5, 0.6) is 23.0 Å². The number of ether oxygens (including phenoxy) is 2. The van der Waals surface area contributed by atoms with E-state index in [1.165, 1.54) is 38.5 Å². The van der Waals surface area contributed by atoms with E-state index >= 15 is 0 Å². The van der Waals surface area contributed by atoms with Gasteiger partial charge in [-0.15, -0.1) is 0 Å². The third kappa shape index (κ3) is 6.71. The predicted octanol–water partition coefficient (Wildman–Crippen LogP) is 4.08. The van der Waals surface area contributed by atoms with E-state index in [1.54, 1.807) is 36.4 Å². The topological polar surface area (TPSA) is 96.3 Å². The number of carbonyl (C=O) groups excluding carboxylic acids is 2. The van der Waals surface area contributed by atoms with Crippen LogP contribution in [0.25, 0.3) is 12.2 Å². The van der Waals surface area contributed by atoms with Crippen LogP contribution >= 0.6 is 0 Å². The van der Waals surface area contributed by atoms with Gasteiger partial charge in [0.25, 0.3) is 0 Å². The number of ketones is 2. The van der Waals surface area contributed by atoms with Crippen LogP contribution in [0, 0.1) is 5.92 Å². The van der Waals surface area contributed by atoms with Crippen molar-refractivity contribution in [1.82, 2.24) is 4.90 Å². The number of likely N-dealkylation sites (tertiary alicyclic amines) is 1. The first-order chi connectivity index (χ1) is 16.4. The fourth-order valence-corrected chi connectivity index (χ4v) is 3.91. The lowest BCUT2D eigenvalue weighted by Crippen LogP contribution is -2.39. The molecule has 7 nitrogen and oxygen atoms in total. The lowest BCUT2D eigenvalue weighted by atomic mass is 9.95. The molecule has 0 unspecified atom stereocenters. The number of allylic oxidation sites excluding steroid dienone is 2. The maximum absolute atomic E-state index is 13.1. The Balaban J connectivity index is 1.79. The standard InChI is InChI=1S/C27H31NO6/c1-33-26-16-19(8-12-24(26)31)6-10-22(29)21(18-28-14-4-3-5-15-28)23(30)11-7-20-9-13-25(32)27(17-20)34-2/h6-13,16-17,21,31-32H,3-5,14-15,18H2,1-2H3/b10-6+,11-7+. The van der Waals surface area contributed by atoms with Gasteiger partial charge in [0, 0.05) is 6.54 Å². The van der Waals surface area contributed by atoms with E-state index in [9.17, 15) is 19.8 Å². The second-order valence-electron chi connectivity index (χ2n) is 8.25. The molecule has 0 amide bonds. The van der Waals surface area contributed by atoms with Gasteiger partial charge in [0.15, 0.2) is 34.6 Å². The Bertz CT molecular complexity index is 993. The largest absolute Gasteiger partial charge is 0.504 e. The summed E-state index contributed by atoms with van der Waals surface area (Å²) in [7, 11) is 2.91. The van der Waals surface area contributed by atoms with E-state index in [-0.39, 0.29) is 23.1 Å². The number of phenols is 2. The zero-order valence-corrected chi connectivity index (χ0v) is 19.6. The van der Waals surface area contributed by atoms with Gasteiger partial charge in [-0.25, -0.2) is 0 Å². The SMILES string of the molecule is COc1cc(/C=C/C(=O)C(CN2CCCCC2)C(=O)/C=C/c2ccc(O)c(OC)c2)ccc1O. The number of rotatable bonds is 10. The third-order valence-electron chi connectivity index (χ3n) is 5.86. The van der Waals surface area contributed by atoms with Crippen LogP contribution in [-0.2, 0) is 9.59 Å². The van der Waals surface area contributed by atoms with E-state index < -0.39 is 5.92 Å². The number of nitrogens with zero attached hydrogens (tertiary/aromatic N) is 1. The first kappa shape index (κ1) is 25.1. The summed E-state index contributed by atoms with van der Waals surface area (Å²) in [6, 6.07) is 9.57. The number of benzene rings is 2. The quantitative estimate of drug-likeness (QED) is 0.403. The molecule has 0 spiro atoms. The average Bonchev–Trinajstić information content (AvgIpc) is 2.86. The normalized spacial score (nSPS) is 14.7. The van der Waals surface area contributed by atoms with Crippen LogP contribution in [0.2, 0.25) is 0 Å². The summed E-state index contributed by atoms with van der Waals surface area (Å²) in [5, 5.41) is 19.5. The van der Waals surface area contributed by atoms with Crippen LogP contribution in [0.1, 0.15) is 30.4 Å². The van der Waals surface area contributed by atoms with E-state index in [4.69, 9.17) is 9.47 Å². The lowest BCUT2D eigenvalue weighted by Gasteiger charge is -2.28. The Morgan fingerprint density at radius 3 is 1.76 bits per heavy atom. The molecule has 0 bridgehead atoms. The minimum absolute atomic E-state index is 0.0140. The fraction of sp³-hybridized carbons (Fsp3) is 0.333. The summed E-state index contributed by atoms with van der Waals surface area (Å²) < 4.78 is 10.2. The van der Waals surface area contributed by atoms with Crippen molar-refractivity contribution in [3.63, 3.8) is 0 Å². The molecule has 1 aliphatic rings. The highest BCUT2D eigenvalue weighted by molar-refractivity contribution is 6.13. The molecule has 0 aliphatic carbocycles. The number of hydrogen-bond donors (Lipinski definition) is 2. The van der Waals surface area contributed by atoms with Crippen LogP contribution in [0.15, 0.2) is 48.6 Å². The number of methoxy groups -OCH3 is 2. The molecule has 7 heteroatoms. The van der Waals surface area contributed by atoms with Crippen molar-refractivity contribution in [2.45, 2.75) is 19.3 Å². The molecule has 1 saturated heterocycles. The third-order valence-corrected chi connectivity index (χ3v) is 5.86. The molecule has 0 radical (unpaired) electrons. The van der Waals surface area contributed by atoms with Gasteiger partial charge < -0.3 is 24.6 Å². The first-order valence-corrected chi connectivity index (χ1v) is 11.3. The molecule has 3 rings (SSSR count). The first-order valence-electron chi connectivity index (χ1n) is 11.3. The molecule has 1 heterocycles. The summed E-state index contributed by atoms with van der Waals surface area (Å²) >= 11 is 0. The smallest absolute Gasteiger partial charge is 0.167 e. The summed E-state index contributed by atoms with van der Waals surface area (Å²) in [5.74, 6) is -0.749. The highest BCUT2D eigenvalue weighted by atomic mass is 16.5. The summed E-state index contributed by atoms with van der Waals surface area (Å²) in [6.45, 7) is 2.10. The molecule has 2 N–H and O–H groups in total. The van der Waals surface area contributed by atoms with E-state index in [2.05, 4.69) is 4.90 Å². The second kappa shape index (κ2) is 12.0. The van der Waals surface area contributed by atoms with Crippen LogP contribution in [0.3, 0.4) is 0 Å². The molecule has 2 aromatic rings. The van der Waals surface area contributed by atoms with Crippen LogP contribution in [0.4, 0.5) is 0 Å². The van der Waals surface area contributed by atoms with Crippen LogP contribution < -0.4 is 9.47 Å². The van der Waals surface area contributed by atoms with Gasteiger partial charge >= 0.3 is 0 Å². The van der Waals surface area contributed by atoms with E-state index in [1.807, 2.05) is 0 Å². The Morgan fingerprint density at radius 1 is 0.853 bits per heavy atom. The Hall–Kier alpha value is -3.58. The van der Waals surface area contributed by atoms with Crippen molar-refractivity contribution >= 4 is 23.7 Å². The lowest BCUT2D eigenvalue weighted by molar-refractivity contribution is -0.128. The van der Waals surface area contributed by atoms with Crippen molar-refractivity contribution < 1.29 is 29.3 Å². The minimum Gasteiger partial charge on any atom is -0.504 e. The molecule has 0 aromatic heterocycles. The predicted molar refractivity (Wildman–Crippen MR) is 131 cm³/mol. The highest BCUT2D eigenvalue weighted by Crippen LogP contribution is 2.28. The number of aromatic hydroxyl groups is 2. The highest BCUT2D eigenvalue weighted by Gasteiger charge is 2.26. The monoisotopic (exact) mass is 465 g/mol. The van der Waals surface area contributed by atoms with Gasteiger partial charge in [0.1, 0.15) is 0 Å². The van der Waals surface area contributed by atoms with Crippen molar-refractivity contribution in [3.8, 4) is 23.0 Å². The van der Waals surface area contributed by atoms with Gasteiger partial charge in [0.2, 0.25) is 0 Å². The number of phenolic OH excluding ortho intramolecular Hbond substituents is 2. The van der Waals surface area contributed by atoms with Gasteiger partial charge in [-0.05, 0) is 73.5 Å². The van der Waals surface area contributed by atoms with Gasteiger partial charge in [-0.1, -0.05) is 30.7 Å². The Labute approximate surface area is 199 Å². The Kier molecular flexibility index (Phi) is 8.87. The fourth-order valence-electron chi connectivity index (χ4n) is 3.91.